The van der Waals surface area contributed by atoms with Crippen LogP contribution in [0.1, 0.15) is 47.8 Å². The molecule has 0 radical (unpaired) electrons. The third-order valence-corrected chi connectivity index (χ3v) is 4.56. The zero-order valence-electron chi connectivity index (χ0n) is 14.1. The van der Waals surface area contributed by atoms with Gasteiger partial charge >= 0.3 is 12.1 Å². The van der Waals surface area contributed by atoms with Crippen LogP contribution in [-0.2, 0) is 16.3 Å². The van der Waals surface area contributed by atoms with Gasteiger partial charge in [-0.15, -0.1) is 0 Å². The van der Waals surface area contributed by atoms with Crippen LogP contribution in [0.2, 0.25) is 0 Å². The van der Waals surface area contributed by atoms with Crippen LogP contribution in [0.3, 0.4) is 0 Å². The number of benzene rings is 2. The summed E-state index contributed by atoms with van der Waals surface area (Å²) in [7, 11) is 0. The predicted octanol–water partition coefficient (Wildman–Crippen LogP) is 5.97. The normalized spacial score (nSPS) is 12.1. The highest BCUT2D eigenvalue weighted by molar-refractivity contribution is 9.10. The second kappa shape index (κ2) is 7.20. The highest BCUT2D eigenvalue weighted by Gasteiger charge is 2.34. The summed E-state index contributed by atoms with van der Waals surface area (Å²) in [6.07, 6.45) is -4.42. The summed E-state index contributed by atoms with van der Waals surface area (Å²) in [5, 5.41) is 0. The predicted molar refractivity (Wildman–Crippen MR) is 93.7 cm³/mol. The van der Waals surface area contributed by atoms with Crippen LogP contribution < -0.4 is 0 Å². The third-order valence-electron chi connectivity index (χ3n) is 4.06. The van der Waals surface area contributed by atoms with Crippen molar-refractivity contribution in [3.8, 4) is 0 Å². The van der Waals surface area contributed by atoms with E-state index in [1.165, 1.54) is 6.07 Å². The molecule has 134 valence electrons. The number of rotatable bonds is 4. The number of alkyl halides is 3. The molecule has 2 aromatic rings. The summed E-state index contributed by atoms with van der Waals surface area (Å²) in [6.45, 7) is 5.49. The van der Waals surface area contributed by atoms with Gasteiger partial charge in [0.2, 0.25) is 0 Å². The van der Waals surface area contributed by atoms with Crippen molar-refractivity contribution in [3.63, 3.8) is 0 Å². The first-order chi connectivity index (χ1) is 11.6. The number of ether oxygens (including phenoxy) is 1. The van der Waals surface area contributed by atoms with E-state index >= 15 is 0 Å². The molecule has 6 heteroatoms. The minimum Gasteiger partial charge on any atom is -0.462 e. The Labute approximate surface area is 153 Å². The Kier molecular flexibility index (Phi) is 5.62. The molecule has 0 saturated carbocycles. The Morgan fingerprint density at radius 3 is 2.32 bits per heavy atom. The lowest BCUT2D eigenvalue weighted by Gasteiger charge is -2.29. The highest BCUT2D eigenvalue weighted by atomic mass is 79.9. The van der Waals surface area contributed by atoms with Gasteiger partial charge in [0.05, 0.1) is 17.7 Å². The molecule has 2 aromatic carbocycles. The standard InChI is InChI=1S/C19H18BrF3O2/c1-4-25-17(24)15-9-8-14(20)11-16(15)18(2,3)12-6-5-7-13(10-12)19(21,22)23/h5-11H,4H2,1-3H3. The minimum absolute atomic E-state index is 0.221. The van der Waals surface area contributed by atoms with Gasteiger partial charge < -0.3 is 4.74 Å². The molecular weight excluding hydrogens is 397 g/mol. The molecule has 0 heterocycles. The van der Waals surface area contributed by atoms with E-state index in [-0.39, 0.29) is 6.61 Å². The van der Waals surface area contributed by atoms with Crippen molar-refractivity contribution in [1.29, 1.82) is 0 Å². The molecule has 0 spiro atoms. The van der Waals surface area contributed by atoms with E-state index in [0.717, 1.165) is 16.6 Å². The van der Waals surface area contributed by atoms with Crippen molar-refractivity contribution in [3.05, 3.63) is 69.2 Å². The molecular formula is C19H18BrF3O2. The summed E-state index contributed by atoms with van der Waals surface area (Å²) in [5.74, 6) is -0.495. The van der Waals surface area contributed by atoms with Gasteiger partial charge in [-0.25, -0.2) is 4.79 Å². The Hall–Kier alpha value is -1.82. The van der Waals surface area contributed by atoms with Crippen LogP contribution in [-0.4, -0.2) is 12.6 Å². The summed E-state index contributed by atoms with van der Waals surface area (Å²) >= 11 is 3.36. The Morgan fingerprint density at radius 2 is 1.72 bits per heavy atom. The Balaban J connectivity index is 2.60. The van der Waals surface area contributed by atoms with Crippen LogP contribution in [0.25, 0.3) is 0 Å². The van der Waals surface area contributed by atoms with E-state index in [9.17, 15) is 18.0 Å². The van der Waals surface area contributed by atoms with E-state index in [1.807, 2.05) is 0 Å². The Morgan fingerprint density at radius 1 is 1.08 bits per heavy atom. The average Bonchev–Trinajstić information content (AvgIpc) is 2.54. The zero-order valence-corrected chi connectivity index (χ0v) is 15.7. The Bertz CT molecular complexity index is 782. The summed E-state index contributed by atoms with van der Waals surface area (Å²) in [6, 6.07) is 10.2. The van der Waals surface area contributed by atoms with Gasteiger partial charge in [0.15, 0.2) is 0 Å². The summed E-state index contributed by atoms with van der Waals surface area (Å²) in [5.41, 5.74) is -0.142. The molecule has 0 aromatic heterocycles. The van der Waals surface area contributed by atoms with E-state index < -0.39 is 23.1 Å². The van der Waals surface area contributed by atoms with Crippen LogP contribution in [0.5, 0.6) is 0 Å². The number of carbonyl (C=O) groups excluding carboxylic acids is 1. The van der Waals surface area contributed by atoms with Crippen LogP contribution >= 0.6 is 15.9 Å². The number of esters is 1. The summed E-state index contributed by atoms with van der Waals surface area (Å²) < 4.78 is 45.0. The minimum atomic E-state index is -4.42. The lowest BCUT2D eigenvalue weighted by atomic mass is 9.75. The number of halogens is 4. The van der Waals surface area contributed by atoms with E-state index in [2.05, 4.69) is 15.9 Å². The monoisotopic (exact) mass is 414 g/mol. The second-order valence-corrected chi connectivity index (χ2v) is 7.03. The number of carbonyl (C=O) groups is 1. The second-order valence-electron chi connectivity index (χ2n) is 6.11. The van der Waals surface area contributed by atoms with Gasteiger partial charge in [-0.05, 0) is 42.3 Å². The highest BCUT2D eigenvalue weighted by Crippen LogP contribution is 2.38. The molecule has 0 amide bonds. The van der Waals surface area contributed by atoms with Gasteiger partial charge in [-0.1, -0.05) is 48.0 Å². The first-order valence-corrected chi connectivity index (χ1v) is 8.51. The van der Waals surface area contributed by atoms with Gasteiger partial charge in [0.1, 0.15) is 0 Å². The average molecular weight is 415 g/mol. The SMILES string of the molecule is CCOC(=O)c1ccc(Br)cc1C(C)(C)c1cccc(C(F)(F)F)c1. The van der Waals surface area contributed by atoms with E-state index in [1.54, 1.807) is 45.0 Å². The molecule has 2 rings (SSSR count). The fourth-order valence-electron chi connectivity index (χ4n) is 2.66. The molecule has 0 saturated heterocycles. The first-order valence-electron chi connectivity index (χ1n) is 7.72. The molecule has 0 unspecified atom stereocenters. The maximum atomic E-state index is 13.0. The van der Waals surface area contributed by atoms with Crippen molar-refractivity contribution >= 4 is 21.9 Å². The largest absolute Gasteiger partial charge is 0.462 e. The van der Waals surface area contributed by atoms with Gasteiger partial charge in [0.25, 0.3) is 0 Å². The smallest absolute Gasteiger partial charge is 0.416 e. The van der Waals surface area contributed by atoms with Crippen molar-refractivity contribution in [2.75, 3.05) is 6.61 Å². The van der Waals surface area contributed by atoms with E-state index in [0.29, 0.717) is 16.7 Å². The van der Waals surface area contributed by atoms with Crippen LogP contribution in [0.4, 0.5) is 13.2 Å². The van der Waals surface area contributed by atoms with Crippen LogP contribution in [0, 0.1) is 0 Å². The third kappa shape index (κ3) is 4.24. The maximum Gasteiger partial charge on any atom is 0.416 e. The fraction of sp³-hybridized carbons (Fsp3) is 0.316. The van der Waals surface area contributed by atoms with Gasteiger partial charge in [-0.2, -0.15) is 13.2 Å². The summed E-state index contributed by atoms with van der Waals surface area (Å²) in [4.78, 5) is 12.3. The molecule has 0 fully saturated rings. The van der Waals surface area contributed by atoms with Crippen molar-refractivity contribution in [2.45, 2.75) is 32.4 Å². The van der Waals surface area contributed by atoms with Gasteiger partial charge in [0, 0.05) is 9.89 Å². The molecule has 0 atom stereocenters. The number of hydrogen-bond acceptors (Lipinski definition) is 2. The van der Waals surface area contributed by atoms with Gasteiger partial charge in [-0.3, -0.25) is 0 Å². The topological polar surface area (TPSA) is 26.3 Å². The van der Waals surface area contributed by atoms with E-state index in [4.69, 9.17) is 4.74 Å². The first kappa shape index (κ1) is 19.5. The molecule has 0 aliphatic heterocycles. The van der Waals surface area contributed by atoms with Crippen LogP contribution in [0.15, 0.2) is 46.9 Å². The fourth-order valence-corrected chi connectivity index (χ4v) is 3.02. The number of hydrogen-bond donors (Lipinski definition) is 0. The van der Waals surface area contributed by atoms with Crippen molar-refractivity contribution in [2.24, 2.45) is 0 Å². The molecule has 0 aliphatic rings. The molecule has 0 N–H and O–H groups in total. The zero-order chi connectivity index (χ0) is 18.8. The molecule has 0 aliphatic carbocycles. The molecule has 2 nitrogen and oxygen atoms in total. The quantitative estimate of drug-likeness (QED) is 0.575. The van der Waals surface area contributed by atoms with Crippen molar-refractivity contribution < 1.29 is 22.7 Å². The maximum absolute atomic E-state index is 13.0. The lowest BCUT2D eigenvalue weighted by Crippen LogP contribution is -2.24. The van der Waals surface area contributed by atoms with Crippen molar-refractivity contribution in [1.82, 2.24) is 0 Å². The lowest BCUT2D eigenvalue weighted by molar-refractivity contribution is -0.137. The molecule has 0 bridgehead atoms. The molecule has 25 heavy (non-hydrogen) atoms.